The third kappa shape index (κ3) is 2.22. The molecule has 0 spiro atoms. The standard InChI is InChI=1S/C10H9N3O2S/c14-8-5-9(15)13(10(16)12-8)6-7-3-1-2-4-11-7/h1-4H,5-6H2,(H,12,14,16). The number of carbonyl (C=O) groups is 2. The molecule has 16 heavy (non-hydrogen) atoms. The van der Waals surface area contributed by atoms with E-state index in [0.717, 1.165) is 5.69 Å². The van der Waals surface area contributed by atoms with E-state index in [9.17, 15) is 9.59 Å². The topological polar surface area (TPSA) is 62.3 Å². The summed E-state index contributed by atoms with van der Waals surface area (Å²) in [7, 11) is 0. The van der Waals surface area contributed by atoms with Gasteiger partial charge in [0, 0.05) is 6.20 Å². The molecule has 0 aliphatic carbocycles. The van der Waals surface area contributed by atoms with Crippen LogP contribution in [0.4, 0.5) is 0 Å². The van der Waals surface area contributed by atoms with Crippen LogP contribution in [0.25, 0.3) is 0 Å². The Morgan fingerprint density at radius 2 is 2.25 bits per heavy atom. The predicted octanol–water partition coefficient (Wildman–Crippen LogP) is 0.215. The van der Waals surface area contributed by atoms with Gasteiger partial charge in [0.15, 0.2) is 5.11 Å². The van der Waals surface area contributed by atoms with E-state index in [1.807, 2.05) is 6.07 Å². The lowest BCUT2D eigenvalue weighted by Crippen LogP contribution is -2.52. The third-order valence-electron chi connectivity index (χ3n) is 2.15. The minimum absolute atomic E-state index is 0.145. The molecule has 0 unspecified atom stereocenters. The van der Waals surface area contributed by atoms with Gasteiger partial charge in [-0.05, 0) is 24.4 Å². The molecule has 6 heteroatoms. The molecule has 1 N–H and O–H groups in total. The zero-order valence-electron chi connectivity index (χ0n) is 8.34. The highest BCUT2D eigenvalue weighted by molar-refractivity contribution is 7.80. The molecule has 1 aliphatic rings. The summed E-state index contributed by atoms with van der Waals surface area (Å²) in [6.45, 7) is 0.290. The molecule has 0 radical (unpaired) electrons. The average Bonchev–Trinajstić information content (AvgIpc) is 2.25. The van der Waals surface area contributed by atoms with E-state index in [4.69, 9.17) is 12.2 Å². The molecule has 1 fully saturated rings. The highest BCUT2D eigenvalue weighted by atomic mass is 32.1. The van der Waals surface area contributed by atoms with Crippen LogP contribution >= 0.6 is 12.2 Å². The van der Waals surface area contributed by atoms with Gasteiger partial charge in [0.2, 0.25) is 11.8 Å². The predicted molar refractivity (Wildman–Crippen MR) is 60.1 cm³/mol. The molecule has 2 amide bonds. The van der Waals surface area contributed by atoms with Crippen LogP contribution in [-0.2, 0) is 16.1 Å². The van der Waals surface area contributed by atoms with Gasteiger partial charge in [-0.25, -0.2) is 0 Å². The van der Waals surface area contributed by atoms with Gasteiger partial charge in [0.25, 0.3) is 0 Å². The molecule has 2 rings (SSSR count). The highest BCUT2D eigenvalue weighted by Gasteiger charge is 2.27. The number of amides is 2. The summed E-state index contributed by atoms with van der Waals surface area (Å²) in [5, 5.41) is 2.60. The first-order valence-corrected chi connectivity index (χ1v) is 5.12. The van der Waals surface area contributed by atoms with E-state index >= 15 is 0 Å². The molecule has 1 aromatic rings. The third-order valence-corrected chi connectivity index (χ3v) is 2.47. The van der Waals surface area contributed by atoms with Gasteiger partial charge in [-0.3, -0.25) is 19.5 Å². The second-order valence-corrected chi connectivity index (χ2v) is 3.72. The van der Waals surface area contributed by atoms with Crippen LogP contribution in [0.3, 0.4) is 0 Å². The molecule has 0 bridgehead atoms. The van der Waals surface area contributed by atoms with Crippen molar-refractivity contribution in [2.45, 2.75) is 13.0 Å². The van der Waals surface area contributed by atoms with E-state index in [2.05, 4.69) is 10.3 Å². The molecular formula is C10H9N3O2S. The van der Waals surface area contributed by atoms with Crippen LogP contribution in [0.1, 0.15) is 12.1 Å². The van der Waals surface area contributed by atoms with Crippen molar-refractivity contribution in [3.05, 3.63) is 30.1 Å². The summed E-state index contributed by atoms with van der Waals surface area (Å²) in [5.41, 5.74) is 0.731. The number of nitrogens with one attached hydrogen (secondary N) is 1. The lowest BCUT2D eigenvalue weighted by Gasteiger charge is -2.26. The summed E-state index contributed by atoms with van der Waals surface area (Å²) < 4.78 is 0. The van der Waals surface area contributed by atoms with Crippen LogP contribution in [0.2, 0.25) is 0 Å². The molecule has 0 saturated carbocycles. The van der Waals surface area contributed by atoms with Gasteiger partial charge >= 0.3 is 0 Å². The minimum Gasteiger partial charge on any atom is -0.302 e. The summed E-state index contributed by atoms with van der Waals surface area (Å²) in [6, 6.07) is 5.42. The Labute approximate surface area is 97.5 Å². The second kappa shape index (κ2) is 4.36. The number of thiocarbonyl (C=S) groups is 1. The maximum Gasteiger partial charge on any atom is 0.238 e. The minimum atomic E-state index is -0.354. The number of hydrogen-bond donors (Lipinski definition) is 1. The number of aromatic nitrogens is 1. The lowest BCUT2D eigenvalue weighted by molar-refractivity contribution is -0.135. The second-order valence-electron chi connectivity index (χ2n) is 3.33. The van der Waals surface area contributed by atoms with Gasteiger partial charge < -0.3 is 5.32 Å². The maximum atomic E-state index is 11.6. The summed E-state index contributed by atoms with van der Waals surface area (Å²) >= 11 is 4.93. The van der Waals surface area contributed by atoms with Crippen molar-refractivity contribution in [2.75, 3.05) is 0 Å². The quantitative estimate of drug-likeness (QED) is 0.588. The zero-order valence-corrected chi connectivity index (χ0v) is 9.16. The maximum absolute atomic E-state index is 11.6. The van der Waals surface area contributed by atoms with Crippen LogP contribution in [-0.4, -0.2) is 26.8 Å². The van der Waals surface area contributed by atoms with Crippen LogP contribution in [0, 0.1) is 0 Å². The van der Waals surface area contributed by atoms with Crippen molar-refractivity contribution in [3.63, 3.8) is 0 Å². The normalized spacial score (nSPS) is 16.2. The van der Waals surface area contributed by atoms with Gasteiger partial charge in [-0.1, -0.05) is 6.07 Å². The van der Waals surface area contributed by atoms with Crippen LogP contribution in [0.5, 0.6) is 0 Å². The molecule has 1 aromatic heterocycles. The molecule has 1 saturated heterocycles. The first-order valence-electron chi connectivity index (χ1n) is 4.71. The van der Waals surface area contributed by atoms with E-state index in [1.54, 1.807) is 18.3 Å². The first kappa shape index (κ1) is 10.7. The Hall–Kier alpha value is -1.82. The summed E-state index contributed by atoms with van der Waals surface area (Å²) in [4.78, 5) is 28.0. The van der Waals surface area contributed by atoms with Gasteiger partial charge in [-0.2, -0.15) is 0 Å². The van der Waals surface area contributed by atoms with Crippen molar-refractivity contribution in [1.29, 1.82) is 0 Å². The van der Waals surface area contributed by atoms with E-state index in [1.165, 1.54) is 4.90 Å². The van der Waals surface area contributed by atoms with Crippen molar-refractivity contribution in [1.82, 2.24) is 15.2 Å². The molecule has 1 aliphatic heterocycles. The fourth-order valence-electron chi connectivity index (χ4n) is 1.39. The van der Waals surface area contributed by atoms with Crippen molar-refractivity contribution >= 4 is 29.1 Å². The number of rotatable bonds is 2. The van der Waals surface area contributed by atoms with Crippen molar-refractivity contribution in [3.8, 4) is 0 Å². The average molecular weight is 235 g/mol. The van der Waals surface area contributed by atoms with E-state index in [0.29, 0.717) is 6.54 Å². The fourth-order valence-corrected chi connectivity index (χ4v) is 1.67. The largest absolute Gasteiger partial charge is 0.302 e. The van der Waals surface area contributed by atoms with E-state index in [-0.39, 0.29) is 23.3 Å². The monoisotopic (exact) mass is 235 g/mol. The molecule has 0 aromatic carbocycles. The van der Waals surface area contributed by atoms with Crippen molar-refractivity contribution in [2.24, 2.45) is 0 Å². The number of carbonyl (C=O) groups excluding carboxylic acids is 2. The lowest BCUT2D eigenvalue weighted by atomic mass is 10.2. The van der Waals surface area contributed by atoms with Gasteiger partial charge in [0.1, 0.15) is 6.42 Å². The Kier molecular flexibility index (Phi) is 2.91. The van der Waals surface area contributed by atoms with Gasteiger partial charge in [0.05, 0.1) is 12.2 Å². The number of nitrogens with zero attached hydrogens (tertiary/aromatic N) is 2. The molecule has 2 heterocycles. The van der Waals surface area contributed by atoms with Gasteiger partial charge in [-0.15, -0.1) is 0 Å². The Bertz CT molecular complexity index is 427. The Morgan fingerprint density at radius 1 is 1.44 bits per heavy atom. The molecule has 5 nitrogen and oxygen atoms in total. The summed E-state index contributed by atoms with van der Waals surface area (Å²) in [5.74, 6) is -0.647. The molecular weight excluding hydrogens is 226 g/mol. The number of hydrogen-bond acceptors (Lipinski definition) is 4. The van der Waals surface area contributed by atoms with Crippen LogP contribution < -0.4 is 5.32 Å². The zero-order chi connectivity index (χ0) is 11.5. The smallest absolute Gasteiger partial charge is 0.238 e. The fraction of sp³-hybridized carbons (Fsp3) is 0.200. The molecule has 82 valence electrons. The van der Waals surface area contributed by atoms with Crippen LogP contribution in [0.15, 0.2) is 24.4 Å². The highest BCUT2D eigenvalue weighted by Crippen LogP contribution is 2.07. The van der Waals surface area contributed by atoms with Crippen molar-refractivity contribution < 1.29 is 9.59 Å². The Balaban J connectivity index is 2.13. The SMILES string of the molecule is O=C1CC(=O)N(Cc2ccccn2)C(=S)N1. The van der Waals surface area contributed by atoms with E-state index < -0.39 is 0 Å². The summed E-state index contributed by atoms with van der Waals surface area (Å²) in [6.07, 6.45) is 1.48. The molecule has 0 atom stereocenters. The Morgan fingerprint density at radius 3 is 2.88 bits per heavy atom. The first-order chi connectivity index (χ1) is 7.66. The number of pyridine rings is 1.